The van der Waals surface area contributed by atoms with Crippen LogP contribution in [0, 0.1) is 0 Å². The summed E-state index contributed by atoms with van der Waals surface area (Å²) in [5.74, 6) is 2.41. The van der Waals surface area contributed by atoms with Crippen LogP contribution in [0.15, 0.2) is 205 Å². The number of fused-ring (bicyclic) bond motifs is 9. The first kappa shape index (κ1) is 28.6. The molecule has 6 aromatic rings. The SMILES string of the molecule is C1=CB2C(=C3C(=C4C=C(c5ccccc5)C=CN4c4ccc(-c5ccccc5)cc43)c3c2cccc3-c2ccccc2)C(c2ccccc2)=C1. The van der Waals surface area contributed by atoms with Crippen LogP contribution in [-0.2, 0) is 0 Å². The second-order valence-electron chi connectivity index (χ2n) is 13.2. The first-order chi connectivity index (χ1) is 24.8. The Morgan fingerprint density at radius 2 is 1.16 bits per heavy atom. The van der Waals surface area contributed by atoms with Gasteiger partial charge in [-0.25, -0.2) is 0 Å². The summed E-state index contributed by atoms with van der Waals surface area (Å²) < 4.78 is 0. The maximum Gasteiger partial charge on any atom is 0.236 e. The number of hydrogen-bond acceptors (Lipinski definition) is 1. The molecule has 0 fully saturated rings. The number of anilines is 1. The van der Waals surface area contributed by atoms with Gasteiger partial charge in [0.05, 0.1) is 11.4 Å². The van der Waals surface area contributed by atoms with Crippen molar-refractivity contribution in [2.45, 2.75) is 0 Å². The third-order valence-corrected chi connectivity index (χ3v) is 10.5. The molecule has 0 aromatic heterocycles. The average Bonchev–Trinajstić information content (AvgIpc) is 3.21. The molecule has 0 saturated carbocycles. The molecule has 0 aliphatic carbocycles. The number of benzene rings is 6. The summed E-state index contributed by atoms with van der Waals surface area (Å²) in [5, 5.41) is 0. The van der Waals surface area contributed by atoms with E-state index in [1.165, 1.54) is 89.1 Å². The molecule has 50 heavy (non-hydrogen) atoms. The molecule has 0 spiro atoms. The van der Waals surface area contributed by atoms with E-state index in [4.69, 9.17) is 0 Å². The largest absolute Gasteiger partial charge is 0.316 e. The van der Waals surface area contributed by atoms with Gasteiger partial charge in [0.1, 0.15) is 0 Å². The number of rotatable bonds is 4. The Kier molecular flexibility index (Phi) is 6.67. The van der Waals surface area contributed by atoms with Crippen molar-refractivity contribution in [3.63, 3.8) is 0 Å². The van der Waals surface area contributed by atoms with E-state index >= 15 is 0 Å². The second-order valence-corrected chi connectivity index (χ2v) is 13.2. The van der Waals surface area contributed by atoms with Crippen LogP contribution in [0.2, 0.25) is 0 Å². The van der Waals surface area contributed by atoms with Crippen LogP contribution in [0.5, 0.6) is 0 Å². The van der Waals surface area contributed by atoms with Crippen molar-refractivity contribution in [1.82, 2.24) is 0 Å². The molecule has 0 atom stereocenters. The third kappa shape index (κ3) is 4.49. The van der Waals surface area contributed by atoms with E-state index in [1.807, 2.05) is 0 Å². The lowest BCUT2D eigenvalue weighted by Crippen LogP contribution is -2.41. The molecule has 2 heteroatoms. The fraction of sp³-hybridized carbons (Fsp3) is 0. The highest BCUT2D eigenvalue weighted by molar-refractivity contribution is 6.89. The summed E-state index contributed by atoms with van der Waals surface area (Å²) in [5.41, 5.74) is 20.2. The average molecular weight is 634 g/mol. The Morgan fingerprint density at radius 1 is 0.500 bits per heavy atom. The van der Waals surface area contributed by atoms with Gasteiger partial charge in [0.2, 0.25) is 6.71 Å². The second kappa shape index (κ2) is 11.6. The highest BCUT2D eigenvalue weighted by Gasteiger charge is 2.42. The highest BCUT2D eigenvalue weighted by atomic mass is 15.1. The minimum absolute atomic E-state index is 0.102. The normalized spacial score (nSPS) is 15.4. The molecule has 0 saturated heterocycles. The van der Waals surface area contributed by atoms with E-state index in [9.17, 15) is 0 Å². The monoisotopic (exact) mass is 633 g/mol. The summed E-state index contributed by atoms with van der Waals surface area (Å²) in [6.45, 7) is 0.102. The quantitative estimate of drug-likeness (QED) is 0.175. The van der Waals surface area contributed by atoms with Crippen molar-refractivity contribution in [3.8, 4) is 22.3 Å². The molecular formula is C48H32BN. The lowest BCUT2D eigenvalue weighted by atomic mass is 9.33. The summed E-state index contributed by atoms with van der Waals surface area (Å²) in [7, 11) is 0. The molecule has 232 valence electrons. The molecule has 0 N–H and O–H groups in total. The topological polar surface area (TPSA) is 3.24 Å². The number of nitrogens with zero attached hydrogens (tertiary/aromatic N) is 1. The van der Waals surface area contributed by atoms with Gasteiger partial charge in [0, 0.05) is 17.3 Å². The summed E-state index contributed by atoms with van der Waals surface area (Å²) >= 11 is 0. The van der Waals surface area contributed by atoms with Gasteiger partial charge in [0.15, 0.2) is 0 Å². The lowest BCUT2D eigenvalue weighted by molar-refractivity contribution is 1.17. The van der Waals surface area contributed by atoms with Crippen LogP contribution in [0.1, 0.15) is 22.3 Å². The molecule has 4 aliphatic rings. The molecule has 4 heterocycles. The Balaban J connectivity index is 1.35. The molecular weight excluding hydrogens is 601 g/mol. The van der Waals surface area contributed by atoms with E-state index in [0.717, 1.165) is 0 Å². The van der Waals surface area contributed by atoms with Gasteiger partial charge in [-0.1, -0.05) is 169 Å². The first-order valence-electron chi connectivity index (χ1n) is 17.4. The van der Waals surface area contributed by atoms with E-state index in [2.05, 4.69) is 199 Å². The summed E-state index contributed by atoms with van der Waals surface area (Å²) in [6.07, 6.45) is 11.5. The molecule has 0 unspecified atom stereocenters. The third-order valence-electron chi connectivity index (χ3n) is 10.5. The van der Waals surface area contributed by atoms with E-state index in [1.54, 1.807) is 0 Å². The molecule has 1 nitrogen and oxygen atoms in total. The standard InChI is InChI=1S/C48H32BN/c1-5-15-33(16-6-1)37-26-27-43-41(31-37)46-47(44-32-38(28-30-50(43)44)34-17-7-2-8-18-34)45-39(35-19-9-3-10-20-35)23-13-25-42(45)49-29-14-24-40(48(46)49)36-21-11-4-12-22-36/h1-32H. The van der Waals surface area contributed by atoms with Gasteiger partial charge in [-0.2, -0.15) is 0 Å². The van der Waals surface area contributed by atoms with Crippen LogP contribution < -0.4 is 10.4 Å². The molecule has 0 amide bonds. The summed E-state index contributed by atoms with van der Waals surface area (Å²) in [4.78, 5) is 2.42. The maximum atomic E-state index is 2.43. The minimum atomic E-state index is 0.102. The molecule has 0 radical (unpaired) electrons. The number of hydrogen-bond donors (Lipinski definition) is 0. The summed E-state index contributed by atoms with van der Waals surface area (Å²) in [6, 6.07) is 57.3. The van der Waals surface area contributed by atoms with E-state index in [-0.39, 0.29) is 6.71 Å². The van der Waals surface area contributed by atoms with Gasteiger partial charge in [-0.15, -0.1) is 5.98 Å². The van der Waals surface area contributed by atoms with Crippen LogP contribution in [-0.4, -0.2) is 6.71 Å². The van der Waals surface area contributed by atoms with Crippen molar-refractivity contribution in [2.24, 2.45) is 0 Å². The zero-order chi connectivity index (χ0) is 33.0. The van der Waals surface area contributed by atoms with E-state index in [0.29, 0.717) is 0 Å². The van der Waals surface area contributed by atoms with Crippen LogP contribution >= 0.6 is 0 Å². The predicted molar refractivity (Wildman–Crippen MR) is 213 cm³/mol. The lowest BCUT2D eigenvalue weighted by Gasteiger charge is -2.42. The van der Waals surface area contributed by atoms with E-state index < -0.39 is 0 Å². The zero-order valence-electron chi connectivity index (χ0n) is 27.5. The molecule has 0 bridgehead atoms. The predicted octanol–water partition coefficient (Wildman–Crippen LogP) is 11.1. The smallest absolute Gasteiger partial charge is 0.236 e. The van der Waals surface area contributed by atoms with Crippen molar-refractivity contribution >= 4 is 40.2 Å². The molecule has 6 aromatic carbocycles. The van der Waals surface area contributed by atoms with Crippen LogP contribution in [0.3, 0.4) is 0 Å². The van der Waals surface area contributed by atoms with Gasteiger partial charge in [0.25, 0.3) is 0 Å². The first-order valence-corrected chi connectivity index (χ1v) is 17.4. The fourth-order valence-electron chi connectivity index (χ4n) is 8.27. The number of allylic oxidation sites excluding steroid dienone is 9. The Hall–Kier alpha value is -6.38. The van der Waals surface area contributed by atoms with Crippen molar-refractivity contribution in [1.29, 1.82) is 0 Å². The Morgan fingerprint density at radius 3 is 1.88 bits per heavy atom. The zero-order valence-corrected chi connectivity index (χ0v) is 27.5. The maximum absolute atomic E-state index is 2.43. The highest BCUT2D eigenvalue weighted by Crippen LogP contribution is 2.55. The van der Waals surface area contributed by atoms with Gasteiger partial charge in [-0.3, -0.25) is 0 Å². The van der Waals surface area contributed by atoms with Crippen LogP contribution in [0.4, 0.5) is 5.69 Å². The molecule has 4 aliphatic heterocycles. The Bertz CT molecular complexity index is 2500. The van der Waals surface area contributed by atoms with Crippen LogP contribution in [0.25, 0.3) is 44.5 Å². The van der Waals surface area contributed by atoms with Crippen molar-refractivity contribution in [3.05, 3.63) is 228 Å². The van der Waals surface area contributed by atoms with Crippen molar-refractivity contribution in [2.75, 3.05) is 4.90 Å². The van der Waals surface area contributed by atoms with Gasteiger partial charge < -0.3 is 4.90 Å². The molecule has 10 rings (SSSR count). The van der Waals surface area contributed by atoms with Crippen molar-refractivity contribution < 1.29 is 0 Å². The van der Waals surface area contributed by atoms with Gasteiger partial charge in [-0.05, 0) is 79.9 Å². The fourth-order valence-corrected chi connectivity index (χ4v) is 8.27. The van der Waals surface area contributed by atoms with Gasteiger partial charge >= 0.3 is 0 Å². The Labute approximate surface area is 294 Å². The minimum Gasteiger partial charge on any atom is -0.316 e.